The quantitative estimate of drug-likeness (QED) is 0.696. The van der Waals surface area contributed by atoms with Gasteiger partial charge in [0.25, 0.3) is 0 Å². The van der Waals surface area contributed by atoms with E-state index >= 15 is 0 Å². The van der Waals surface area contributed by atoms with Crippen molar-refractivity contribution in [2.45, 2.75) is 6.18 Å². The first-order valence-electron chi connectivity index (χ1n) is 5.41. The summed E-state index contributed by atoms with van der Waals surface area (Å²) in [5.74, 6) is 0.373. The molecule has 8 heteroatoms. The summed E-state index contributed by atoms with van der Waals surface area (Å²) in [5, 5.41) is 11.4. The van der Waals surface area contributed by atoms with Gasteiger partial charge in [0.05, 0.1) is 11.8 Å². The first-order valence-corrected chi connectivity index (χ1v) is 5.78. The average molecular weight is 301 g/mol. The van der Waals surface area contributed by atoms with Gasteiger partial charge in [-0.15, -0.1) is 10.2 Å². The summed E-state index contributed by atoms with van der Waals surface area (Å²) in [7, 11) is 0. The second kappa shape index (κ2) is 5.87. The smallest absolute Gasteiger partial charge is 0.260 e. The largest absolute Gasteiger partial charge is 0.416 e. The number of alkyl halides is 3. The number of halogens is 4. The molecule has 0 unspecified atom stereocenters. The zero-order valence-corrected chi connectivity index (χ0v) is 10.7. The van der Waals surface area contributed by atoms with Crippen LogP contribution in [-0.2, 0) is 6.18 Å². The van der Waals surface area contributed by atoms with Crippen LogP contribution in [0, 0.1) is 0 Å². The number of benzene rings is 1. The maximum absolute atomic E-state index is 12.4. The topological polar surface area (TPSA) is 50.2 Å². The van der Waals surface area contributed by atoms with E-state index in [4.69, 9.17) is 11.6 Å². The minimum absolute atomic E-state index is 0.252. The Bertz CT molecular complexity index is 594. The van der Waals surface area contributed by atoms with Crippen LogP contribution in [0.2, 0.25) is 5.15 Å². The van der Waals surface area contributed by atoms with E-state index in [9.17, 15) is 13.2 Å². The zero-order valence-electron chi connectivity index (χ0n) is 9.89. The lowest BCUT2D eigenvalue weighted by Gasteiger charge is -2.05. The van der Waals surface area contributed by atoms with Crippen molar-refractivity contribution in [3.05, 3.63) is 52.7 Å². The molecule has 0 saturated heterocycles. The maximum atomic E-state index is 12.4. The van der Waals surface area contributed by atoms with Crippen molar-refractivity contribution in [2.24, 2.45) is 5.10 Å². The van der Waals surface area contributed by atoms with Gasteiger partial charge in [-0.1, -0.05) is 23.7 Å². The molecule has 0 fully saturated rings. The fraction of sp³-hybridized carbons (Fsp3) is 0.0833. The van der Waals surface area contributed by atoms with E-state index in [-0.39, 0.29) is 5.15 Å². The number of hydrazone groups is 1. The lowest BCUT2D eigenvalue weighted by atomic mass is 10.1. The molecule has 1 N–H and O–H groups in total. The van der Waals surface area contributed by atoms with Gasteiger partial charge in [0.15, 0.2) is 11.0 Å². The molecule has 0 bridgehead atoms. The molecule has 1 aromatic heterocycles. The van der Waals surface area contributed by atoms with Crippen LogP contribution in [0.1, 0.15) is 11.1 Å². The summed E-state index contributed by atoms with van der Waals surface area (Å²) in [6, 6.07) is 7.72. The minimum Gasteiger partial charge on any atom is -0.260 e. The van der Waals surface area contributed by atoms with E-state index in [1.165, 1.54) is 24.4 Å². The van der Waals surface area contributed by atoms with E-state index in [0.717, 1.165) is 12.1 Å². The fourth-order valence-electron chi connectivity index (χ4n) is 1.31. The van der Waals surface area contributed by atoms with E-state index in [1.54, 1.807) is 6.07 Å². The van der Waals surface area contributed by atoms with Crippen LogP contribution in [0.3, 0.4) is 0 Å². The van der Waals surface area contributed by atoms with E-state index in [0.29, 0.717) is 11.4 Å². The molecule has 0 radical (unpaired) electrons. The van der Waals surface area contributed by atoms with Crippen molar-refractivity contribution in [3.63, 3.8) is 0 Å². The number of rotatable bonds is 3. The maximum Gasteiger partial charge on any atom is 0.416 e. The number of hydrogen-bond donors (Lipinski definition) is 1. The molecule has 2 rings (SSSR count). The van der Waals surface area contributed by atoms with E-state index in [1.807, 2.05) is 0 Å². The number of hydrogen-bond acceptors (Lipinski definition) is 4. The molecule has 1 aromatic carbocycles. The van der Waals surface area contributed by atoms with Gasteiger partial charge < -0.3 is 0 Å². The highest BCUT2D eigenvalue weighted by molar-refractivity contribution is 6.29. The second-order valence-electron chi connectivity index (χ2n) is 3.73. The molecule has 2 aromatic rings. The van der Waals surface area contributed by atoms with Gasteiger partial charge in [0, 0.05) is 0 Å². The van der Waals surface area contributed by atoms with E-state index in [2.05, 4.69) is 20.7 Å². The van der Waals surface area contributed by atoms with Crippen molar-refractivity contribution in [2.75, 3.05) is 5.43 Å². The van der Waals surface area contributed by atoms with Gasteiger partial charge in [-0.2, -0.15) is 18.3 Å². The van der Waals surface area contributed by atoms with Gasteiger partial charge in [0.1, 0.15) is 0 Å². The van der Waals surface area contributed by atoms with Crippen LogP contribution in [0.15, 0.2) is 41.5 Å². The lowest BCUT2D eigenvalue weighted by Crippen LogP contribution is -2.04. The average Bonchev–Trinajstić information content (AvgIpc) is 2.41. The molecule has 0 aliphatic heterocycles. The van der Waals surface area contributed by atoms with Gasteiger partial charge in [-0.25, -0.2) is 0 Å². The molecule has 0 aliphatic carbocycles. The molecule has 1 heterocycles. The van der Waals surface area contributed by atoms with Crippen molar-refractivity contribution in [3.8, 4) is 0 Å². The number of anilines is 1. The first-order chi connectivity index (χ1) is 9.45. The van der Waals surface area contributed by atoms with Crippen LogP contribution in [0.5, 0.6) is 0 Å². The fourth-order valence-corrected chi connectivity index (χ4v) is 1.41. The Balaban J connectivity index is 1.99. The first kappa shape index (κ1) is 14.3. The molecule has 0 amide bonds. The van der Waals surface area contributed by atoms with Crippen molar-refractivity contribution in [1.82, 2.24) is 10.2 Å². The van der Waals surface area contributed by atoms with Crippen LogP contribution in [0.4, 0.5) is 19.0 Å². The summed E-state index contributed by atoms with van der Waals surface area (Å²) >= 11 is 5.56. The number of nitrogens with one attached hydrogen (secondary N) is 1. The molecule has 4 nitrogen and oxygen atoms in total. The lowest BCUT2D eigenvalue weighted by molar-refractivity contribution is -0.137. The highest BCUT2D eigenvalue weighted by atomic mass is 35.5. The van der Waals surface area contributed by atoms with Gasteiger partial charge >= 0.3 is 6.18 Å². The molecule has 0 saturated carbocycles. The van der Waals surface area contributed by atoms with Crippen LogP contribution in [-0.4, -0.2) is 16.4 Å². The predicted molar refractivity (Wildman–Crippen MR) is 69.7 cm³/mol. The van der Waals surface area contributed by atoms with Crippen molar-refractivity contribution < 1.29 is 13.2 Å². The normalized spacial score (nSPS) is 11.8. The Morgan fingerprint density at radius 1 is 1.05 bits per heavy atom. The van der Waals surface area contributed by atoms with Crippen LogP contribution in [0.25, 0.3) is 0 Å². The molecule has 104 valence electrons. The summed E-state index contributed by atoms with van der Waals surface area (Å²) < 4.78 is 37.1. The number of nitrogens with zero attached hydrogens (tertiary/aromatic N) is 3. The standard InChI is InChI=1S/C12H8ClF3N4/c13-10-5-6-11(20-18-10)19-17-7-8-1-3-9(4-2-8)12(14,15)16/h1-7H,(H,19,20)/b17-7-. The zero-order chi connectivity index (χ0) is 14.6. The van der Waals surface area contributed by atoms with Crippen molar-refractivity contribution in [1.29, 1.82) is 0 Å². The minimum atomic E-state index is -4.34. The van der Waals surface area contributed by atoms with Crippen LogP contribution >= 0.6 is 11.6 Å². The third kappa shape index (κ3) is 3.92. The van der Waals surface area contributed by atoms with E-state index < -0.39 is 11.7 Å². The van der Waals surface area contributed by atoms with Gasteiger partial charge in [-0.3, -0.25) is 5.43 Å². The molecule has 0 spiro atoms. The Hall–Kier alpha value is -2.15. The third-order valence-electron chi connectivity index (χ3n) is 2.26. The summed E-state index contributed by atoms with van der Waals surface area (Å²) in [6.45, 7) is 0. The van der Waals surface area contributed by atoms with Gasteiger partial charge in [-0.05, 0) is 29.8 Å². The SMILES string of the molecule is FC(F)(F)c1ccc(/C=N\Nc2ccc(Cl)nn2)cc1. The van der Waals surface area contributed by atoms with Crippen molar-refractivity contribution >= 4 is 23.6 Å². The highest BCUT2D eigenvalue weighted by Crippen LogP contribution is 2.28. The third-order valence-corrected chi connectivity index (χ3v) is 2.46. The predicted octanol–water partition coefficient (Wildman–Crippen LogP) is 3.59. The Morgan fingerprint density at radius 2 is 1.75 bits per heavy atom. The number of aromatic nitrogens is 2. The molecule has 20 heavy (non-hydrogen) atoms. The Kier molecular flexibility index (Phi) is 4.19. The molecular formula is C12H8ClF3N4. The van der Waals surface area contributed by atoms with Gasteiger partial charge in [0.2, 0.25) is 0 Å². The summed E-state index contributed by atoms with van der Waals surface area (Å²) in [4.78, 5) is 0. The molecule has 0 aliphatic rings. The monoisotopic (exact) mass is 300 g/mol. The summed E-state index contributed by atoms with van der Waals surface area (Å²) in [5.41, 5.74) is 2.40. The van der Waals surface area contributed by atoms with Crippen LogP contribution < -0.4 is 5.43 Å². The molecule has 0 atom stereocenters. The Labute approximate surface area is 117 Å². The summed E-state index contributed by atoms with van der Waals surface area (Å²) in [6.07, 6.45) is -2.97. The highest BCUT2D eigenvalue weighted by Gasteiger charge is 2.29. The Morgan fingerprint density at radius 3 is 2.30 bits per heavy atom. The molecular weight excluding hydrogens is 293 g/mol. The second-order valence-corrected chi connectivity index (χ2v) is 4.12.